The van der Waals surface area contributed by atoms with Crippen molar-refractivity contribution in [2.75, 3.05) is 13.2 Å². The fraction of sp³-hybridized carbons (Fsp3) is 0.222. The zero-order valence-corrected chi connectivity index (χ0v) is 12.9. The highest BCUT2D eigenvalue weighted by Gasteiger charge is 2.19. The van der Waals surface area contributed by atoms with Crippen molar-refractivity contribution in [2.45, 2.75) is 12.2 Å². The van der Waals surface area contributed by atoms with Crippen molar-refractivity contribution >= 4 is 12.6 Å². The molecule has 24 heavy (non-hydrogen) atoms. The van der Waals surface area contributed by atoms with Crippen LogP contribution < -0.4 is 0 Å². The van der Waals surface area contributed by atoms with Gasteiger partial charge in [-0.25, -0.2) is 4.79 Å². The largest absolute Gasteiger partial charge is 0.509 e. The second-order valence-electron chi connectivity index (χ2n) is 4.93. The molecule has 2 aromatic carbocycles. The highest BCUT2D eigenvalue weighted by molar-refractivity contribution is 5.60. The molecule has 0 saturated heterocycles. The second kappa shape index (κ2) is 9.32. The van der Waals surface area contributed by atoms with Crippen LogP contribution in [0.3, 0.4) is 0 Å². The van der Waals surface area contributed by atoms with Gasteiger partial charge in [0.25, 0.3) is 6.47 Å². The molecule has 6 nitrogen and oxygen atoms in total. The van der Waals surface area contributed by atoms with E-state index in [9.17, 15) is 14.7 Å². The Bertz CT molecular complexity index is 628. The summed E-state index contributed by atoms with van der Waals surface area (Å²) in [4.78, 5) is 22.2. The van der Waals surface area contributed by atoms with E-state index < -0.39 is 18.4 Å². The molecule has 2 atom stereocenters. The molecule has 0 fully saturated rings. The quantitative estimate of drug-likeness (QED) is 0.592. The summed E-state index contributed by atoms with van der Waals surface area (Å²) in [6.07, 6.45) is -2.67. The average Bonchev–Trinajstić information content (AvgIpc) is 2.64. The zero-order valence-electron chi connectivity index (χ0n) is 12.9. The number of carbonyl (C=O) groups excluding carboxylic acids is 2. The summed E-state index contributed by atoms with van der Waals surface area (Å²) in [5, 5.41) is 9.96. The molecule has 0 aromatic heterocycles. The minimum Gasteiger partial charge on any atom is -0.464 e. The van der Waals surface area contributed by atoms with Crippen molar-refractivity contribution in [1.82, 2.24) is 0 Å². The number of hydrogen-bond donors (Lipinski definition) is 1. The Balaban J connectivity index is 1.89. The summed E-state index contributed by atoms with van der Waals surface area (Å²) in [6, 6.07) is 17.7. The van der Waals surface area contributed by atoms with Crippen molar-refractivity contribution in [2.24, 2.45) is 0 Å². The molecule has 0 saturated carbocycles. The molecule has 0 aliphatic rings. The first-order chi connectivity index (χ1) is 11.7. The predicted octanol–water partition coefficient (Wildman–Crippen LogP) is 2.79. The summed E-state index contributed by atoms with van der Waals surface area (Å²) in [6.45, 7) is -0.0768. The molecule has 126 valence electrons. The molecule has 0 bridgehead atoms. The van der Waals surface area contributed by atoms with Crippen molar-refractivity contribution in [3.05, 3.63) is 71.8 Å². The van der Waals surface area contributed by atoms with Gasteiger partial charge in [0.1, 0.15) is 19.3 Å². The van der Waals surface area contributed by atoms with E-state index in [0.29, 0.717) is 11.1 Å². The van der Waals surface area contributed by atoms with Crippen molar-refractivity contribution in [3.8, 4) is 0 Å². The molecular weight excluding hydrogens is 312 g/mol. The van der Waals surface area contributed by atoms with Crippen LogP contribution in [0.2, 0.25) is 0 Å². The molecule has 0 spiro atoms. The Morgan fingerprint density at radius 1 is 0.958 bits per heavy atom. The number of benzene rings is 2. The minimum atomic E-state index is -0.951. The summed E-state index contributed by atoms with van der Waals surface area (Å²) >= 11 is 0. The average molecular weight is 330 g/mol. The summed E-state index contributed by atoms with van der Waals surface area (Å²) in [7, 11) is 0. The van der Waals surface area contributed by atoms with Gasteiger partial charge in [-0.15, -0.1) is 0 Å². The third-order valence-electron chi connectivity index (χ3n) is 3.27. The van der Waals surface area contributed by atoms with E-state index in [4.69, 9.17) is 9.47 Å². The Morgan fingerprint density at radius 2 is 1.54 bits per heavy atom. The van der Waals surface area contributed by atoms with E-state index in [1.54, 1.807) is 48.5 Å². The van der Waals surface area contributed by atoms with Gasteiger partial charge in [0.2, 0.25) is 0 Å². The topological polar surface area (TPSA) is 82.1 Å². The lowest BCUT2D eigenvalue weighted by molar-refractivity contribution is -0.132. The lowest BCUT2D eigenvalue weighted by Crippen LogP contribution is -2.19. The van der Waals surface area contributed by atoms with Crippen LogP contribution in [0, 0.1) is 0 Å². The molecule has 0 heterocycles. The van der Waals surface area contributed by atoms with E-state index in [1.165, 1.54) is 0 Å². The maximum atomic E-state index is 11.8. The molecule has 2 aromatic rings. The molecule has 0 aliphatic carbocycles. The lowest BCUT2D eigenvalue weighted by Gasteiger charge is -2.18. The van der Waals surface area contributed by atoms with E-state index >= 15 is 0 Å². The fourth-order valence-electron chi connectivity index (χ4n) is 2.06. The van der Waals surface area contributed by atoms with Crippen LogP contribution in [0.4, 0.5) is 4.79 Å². The number of carbonyl (C=O) groups is 2. The monoisotopic (exact) mass is 330 g/mol. The van der Waals surface area contributed by atoms with E-state index in [2.05, 4.69) is 4.74 Å². The zero-order chi connectivity index (χ0) is 17.2. The minimum absolute atomic E-state index is 0.121. The van der Waals surface area contributed by atoms with Gasteiger partial charge >= 0.3 is 6.16 Å². The smallest absolute Gasteiger partial charge is 0.464 e. The fourth-order valence-corrected chi connectivity index (χ4v) is 2.06. The third-order valence-corrected chi connectivity index (χ3v) is 3.27. The maximum absolute atomic E-state index is 11.8. The molecule has 6 heteroatoms. The number of aliphatic hydroxyl groups excluding tert-OH is 1. The third kappa shape index (κ3) is 5.40. The van der Waals surface area contributed by atoms with Crippen LogP contribution in [0.25, 0.3) is 0 Å². The van der Waals surface area contributed by atoms with E-state index in [-0.39, 0.29) is 19.7 Å². The van der Waals surface area contributed by atoms with Gasteiger partial charge in [-0.3, -0.25) is 4.79 Å². The number of rotatable bonds is 8. The van der Waals surface area contributed by atoms with Crippen LogP contribution in [-0.4, -0.2) is 30.9 Å². The van der Waals surface area contributed by atoms with Gasteiger partial charge < -0.3 is 19.3 Å². The highest BCUT2D eigenvalue weighted by Crippen LogP contribution is 2.19. The van der Waals surface area contributed by atoms with Gasteiger partial charge in [-0.1, -0.05) is 60.7 Å². The number of aliphatic hydroxyl groups is 1. The Labute approximate surface area is 139 Å². The second-order valence-corrected chi connectivity index (χ2v) is 4.93. The van der Waals surface area contributed by atoms with Crippen LogP contribution >= 0.6 is 0 Å². The first kappa shape index (κ1) is 17.5. The molecule has 1 N–H and O–H groups in total. The SMILES string of the molecule is O=COC[C@H](OC(=O)OC[C@H](O)c1ccccc1)c1ccccc1. The van der Waals surface area contributed by atoms with Gasteiger partial charge in [0.15, 0.2) is 6.10 Å². The lowest BCUT2D eigenvalue weighted by atomic mass is 10.1. The Kier molecular flexibility index (Phi) is 6.79. The van der Waals surface area contributed by atoms with Gasteiger partial charge in [0.05, 0.1) is 0 Å². The maximum Gasteiger partial charge on any atom is 0.509 e. The highest BCUT2D eigenvalue weighted by atomic mass is 16.7. The number of hydrogen-bond acceptors (Lipinski definition) is 6. The van der Waals surface area contributed by atoms with Gasteiger partial charge in [-0.05, 0) is 11.1 Å². The molecular formula is C18H18O6. The van der Waals surface area contributed by atoms with Crippen molar-refractivity contribution in [1.29, 1.82) is 0 Å². The first-order valence-electron chi connectivity index (χ1n) is 7.37. The standard InChI is InChI=1S/C18H18O6/c19-13-22-12-17(15-9-5-2-6-10-15)24-18(21)23-11-16(20)14-7-3-1-4-8-14/h1-10,13,16-17,20H,11-12H2/t16-,17-/m0/s1. The summed E-state index contributed by atoms with van der Waals surface area (Å²) in [5.41, 5.74) is 1.30. The van der Waals surface area contributed by atoms with Gasteiger partial charge in [-0.2, -0.15) is 0 Å². The number of ether oxygens (including phenoxy) is 3. The van der Waals surface area contributed by atoms with Crippen LogP contribution in [0.15, 0.2) is 60.7 Å². The predicted molar refractivity (Wildman–Crippen MR) is 85.0 cm³/mol. The van der Waals surface area contributed by atoms with E-state index in [1.807, 2.05) is 12.1 Å². The molecule has 2 rings (SSSR count). The van der Waals surface area contributed by atoms with Crippen LogP contribution in [0.1, 0.15) is 23.3 Å². The normalized spacial score (nSPS) is 12.7. The first-order valence-corrected chi connectivity index (χ1v) is 7.37. The summed E-state index contributed by atoms with van der Waals surface area (Å²) < 4.78 is 14.8. The van der Waals surface area contributed by atoms with E-state index in [0.717, 1.165) is 0 Å². The molecule has 0 amide bonds. The van der Waals surface area contributed by atoms with Crippen molar-refractivity contribution in [3.63, 3.8) is 0 Å². The Hall–Kier alpha value is -2.86. The molecule has 0 aliphatic heterocycles. The molecule has 0 unspecified atom stereocenters. The van der Waals surface area contributed by atoms with Crippen LogP contribution in [0.5, 0.6) is 0 Å². The van der Waals surface area contributed by atoms with Gasteiger partial charge in [0, 0.05) is 0 Å². The van der Waals surface area contributed by atoms with Crippen LogP contribution in [-0.2, 0) is 19.0 Å². The summed E-state index contributed by atoms with van der Waals surface area (Å²) in [5.74, 6) is 0. The Morgan fingerprint density at radius 3 is 2.12 bits per heavy atom. The van der Waals surface area contributed by atoms with Crippen molar-refractivity contribution < 1.29 is 28.9 Å². The molecule has 0 radical (unpaired) electrons.